The first kappa shape index (κ1) is 30.3. The lowest BCUT2D eigenvalue weighted by Gasteiger charge is -2.11. The Hall–Kier alpha value is -5.28. The van der Waals surface area contributed by atoms with E-state index in [0.717, 1.165) is 33.4 Å². The predicted molar refractivity (Wildman–Crippen MR) is 157 cm³/mol. The number of benzene rings is 4. The van der Waals surface area contributed by atoms with E-state index in [1.165, 1.54) is 0 Å². The van der Waals surface area contributed by atoms with Crippen molar-refractivity contribution in [2.24, 2.45) is 11.5 Å². The summed E-state index contributed by atoms with van der Waals surface area (Å²) in [7, 11) is 0. The van der Waals surface area contributed by atoms with Gasteiger partial charge in [0.2, 0.25) is 0 Å². The number of nitrogens with two attached hydrogens (primary N) is 2. The summed E-state index contributed by atoms with van der Waals surface area (Å²) in [5, 5.41) is 17.9. The molecule has 8 nitrogen and oxygen atoms in total. The molecule has 0 aliphatic heterocycles. The van der Waals surface area contributed by atoms with Gasteiger partial charge in [0, 0.05) is 13.1 Å². The fraction of sp³-hybridized carbons (Fsp3) is 0.152. The number of hydrogen-bond acceptors (Lipinski definition) is 8. The Morgan fingerprint density at radius 3 is 1.29 bits per heavy atom. The number of hydrogen-bond donors (Lipinski definition) is 2. The van der Waals surface area contributed by atoms with Gasteiger partial charge in [-0.3, -0.25) is 9.59 Å². The van der Waals surface area contributed by atoms with E-state index >= 15 is 0 Å². The van der Waals surface area contributed by atoms with E-state index in [9.17, 15) is 9.59 Å². The van der Waals surface area contributed by atoms with E-state index in [0.29, 0.717) is 35.7 Å². The second-order valence-electron chi connectivity index (χ2n) is 9.03. The lowest BCUT2D eigenvalue weighted by molar-refractivity contribution is -0.144. The molecule has 4 aromatic rings. The molecule has 0 spiro atoms. The van der Waals surface area contributed by atoms with Gasteiger partial charge in [-0.15, -0.1) is 0 Å². The van der Waals surface area contributed by atoms with E-state index in [1.807, 2.05) is 50.2 Å². The van der Waals surface area contributed by atoms with E-state index < -0.39 is 18.4 Å². The molecule has 4 rings (SSSR count). The van der Waals surface area contributed by atoms with Crippen LogP contribution in [0.2, 0.25) is 0 Å². The summed E-state index contributed by atoms with van der Waals surface area (Å²) in [6.45, 7) is 4.98. The van der Waals surface area contributed by atoms with Gasteiger partial charge in [0.05, 0.1) is 23.3 Å². The van der Waals surface area contributed by atoms with Crippen molar-refractivity contribution in [2.45, 2.75) is 20.3 Å². The molecule has 8 heteroatoms. The molecule has 206 valence electrons. The van der Waals surface area contributed by atoms with Crippen LogP contribution in [-0.2, 0) is 9.59 Å². The molecule has 4 aromatic carbocycles. The second kappa shape index (κ2) is 14.8. The summed E-state index contributed by atoms with van der Waals surface area (Å²) in [6, 6.07) is 29.1. The van der Waals surface area contributed by atoms with Gasteiger partial charge in [-0.2, -0.15) is 10.5 Å². The number of carbonyl (C=O) groups is 2. The number of rotatable bonds is 7. The predicted octanol–water partition coefficient (Wildman–Crippen LogP) is 5.19. The van der Waals surface area contributed by atoms with Crippen molar-refractivity contribution < 1.29 is 19.1 Å². The Bertz CT molecular complexity index is 1480. The standard InChI is InChI=1S/C31H22N2O4.C2H8N2/c1-20-15-26(11-13-28(20)24-7-3-22(18-32)4-8-24)36-30(34)17-31(35)37-27-12-14-29(21(2)16-27)25-9-5-23(19-33)6-10-25;3-1-2-4/h3-16H,17H2,1-2H3;1-4H2. The Kier molecular flexibility index (Phi) is 10.9. The Balaban J connectivity index is 0.00000108. The molecule has 0 fully saturated rings. The zero-order valence-electron chi connectivity index (χ0n) is 22.9. The third-order valence-electron chi connectivity index (χ3n) is 5.96. The summed E-state index contributed by atoms with van der Waals surface area (Å²) < 4.78 is 10.7. The number of ether oxygens (including phenoxy) is 2. The number of esters is 2. The SMILES string of the molecule is Cc1cc(OC(=O)CC(=O)Oc2ccc(-c3ccc(C#N)cc3)c(C)c2)ccc1-c1ccc(C#N)cc1.NCCN. The second-order valence-corrected chi connectivity index (χ2v) is 9.03. The minimum atomic E-state index is -0.721. The van der Waals surface area contributed by atoms with Gasteiger partial charge in [-0.05, 0) is 95.8 Å². The van der Waals surface area contributed by atoms with Crippen LogP contribution in [0.1, 0.15) is 28.7 Å². The molecule has 0 saturated carbocycles. The maximum Gasteiger partial charge on any atom is 0.322 e. The molecule has 0 radical (unpaired) electrons. The van der Waals surface area contributed by atoms with Gasteiger partial charge >= 0.3 is 11.9 Å². The molecule has 0 amide bonds. The third kappa shape index (κ3) is 8.61. The highest BCUT2D eigenvalue weighted by molar-refractivity contribution is 5.93. The van der Waals surface area contributed by atoms with Crippen LogP contribution in [0.5, 0.6) is 11.5 Å². The van der Waals surface area contributed by atoms with E-state index in [2.05, 4.69) is 12.1 Å². The molecule has 0 atom stereocenters. The molecule has 0 unspecified atom stereocenters. The highest BCUT2D eigenvalue weighted by atomic mass is 16.6. The Morgan fingerprint density at radius 2 is 1.00 bits per heavy atom. The molecular weight excluding hydrogens is 516 g/mol. The van der Waals surface area contributed by atoms with Crippen molar-refractivity contribution in [3.8, 4) is 45.9 Å². The third-order valence-corrected chi connectivity index (χ3v) is 5.96. The fourth-order valence-electron chi connectivity index (χ4n) is 3.95. The number of carbonyl (C=O) groups excluding carboxylic acids is 2. The fourth-order valence-corrected chi connectivity index (χ4v) is 3.95. The lowest BCUT2D eigenvalue weighted by atomic mass is 9.99. The van der Waals surface area contributed by atoms with Gasteiger partial charge in [0.25, 0.3) is 0 Å². The summed E-state index contributed by atoms with van der Waals surface area (Å²) in [4.78, 5) is 24.7. The van der Waals surface area contributed by atoms with Crippen molar-refractivity contribution in [3.63, 3.8) is 0 Å². The van der Waals surface area contributed by atoms with Crippen molar-refractivity contribution >= 4 is 11.9 Å². The van der Waals surface area contributed by atoms with Crippen LogP contribution < -0.4 is 20.9 Å². The average Bonchev–Trinajstić information content (AvgIpc) is 2.97. The molecule has 0 aliphatic carbocycles. The first-order valence-corrected chi connectivity index (χ1v) is 12.8. The smallest absolute Gasteiger partial charge is 0.322 e. The van der Waals surface area contributed by atoms with Crippen LogP contribution in [0.4, 0.5) is 0 Å². The van der Waals surface area contributed by atoms with Crippen molar-refractivity contribution in [3.05, 3.63) is 107 Å². The van der Waals surface area contributed by atoms with Crippen molar-refractivity contribution in [1.29, 1.82) is 10.5 Å². The van der Waals surface area contributed by atoms with Crippen LogP contribution in [0.15, 0.2) is 84.9 Å². The number of nitrogens with zero attached hydrogens (tertiary/aromatic N) is 2. The highest BCUT2D eigenvalue weighted by Crippen LogP contribution is 2.29. The number of nitriles is 2. The molecular formula is C33H30N4O4. The molecule has 0 saturated heterocycles. The summed E-state index contributed by atoms with van der Waals surface area (Å²) >= 11 is 0. The molecule has 0 aromatic heterocycles. The molecule has 4 N–H and O–H groups in total. The van der Waals surface area contributed by atoms with Crippen LogP contribution in [0, 0.1) is 36.5 Å². The van der Waals surface area contributed by atoms with Crippen LogP contribution in [0.25, 0.3) is 22.3 Å². The van der Waals surface area contributed by atoms with Gasteiger partial charge < -0.3 is 20.9 Å². The van der Waals surface area contributed by atoms with Crippen molar-refractivity contribution in [1.82, 2.24) is 0 Å². The highest BCUT2D eigenvalue weighted by Gasteiger charge is 2.16. The van der Waals surface area contributed by atoms with Crippen LogP contribution in [0.3, 0.4) is 0 Å². The van der Waals surface area contributed by atoms with Gasteiger partial charge in [0.15, 0.2) is 0 Å². The number of aryl methyl sites for hydroxylation is 2. The summed E-state index contributed by atoms with van der Waals surface area (Å²) in [5.41, 5.74) is 16.5. The zero-order valence-corrected chi connectivity index (χ0v) is 22.9. The van der Waals surface area contributed by atoms with E-state index in [1.54, 1.807) is 48.5 Å². The van der Waals surface area contributed by atoms with Gasteiger partial charge in [0.1, 0.15) is 17.9 Å². The quantitative estimate of drug-likeness (QED) is 0.183. The minimum absolute atomic E-state index is 0.329. The molecule has 41 heavy (non-hydrogen) atoms. The molecule has 0 aliphatic rings. The first-order chi connectivity index (χ1) is 19.8. The average molecular weight is 547 g/mol. The summed E-state index contributed by atoms with van der Waals surface area (Å²) in [5.74, 6) is -0.784. The Morgan fingerprint density at radius 1 is 0.634 bits per heavy atom. The topological polar surface area (TPSA) is 152 Å². The monoisotopic (exact) mass is 546 g/mol. The normalized spacial score (nSPS) is 9.90. The first-order valence-electron chi connectivity index (χ1n) is 12.8. The summed E-state index contributed by atoms with van der Waals surface area (Å²) in [6.07, 6.45) is -0.535. The van der Waals surface area contributed by atoms with E-state index in [4.69, 9.17) is 31.5 Å². The molecule has 0 bridgehead atoms. The van der Waals surface area contributed by atoms with Gasteiger partial charge in [-0.25, -0.2) is 0 Å². The van der Waals surface area contributed by atoms with E-state index in [-0.39, 0.29) is 0 Å². The zero-order chi connectivity index (χ0) is 29.8. The van der Waals surface area contributed by atoms with Crippen molar-refractivity contribution in [2.75, 3.05) is 13.1 Å². The maximum absolute atomic E-state index is 12.3. The maximum atomic E-state index is 12.3. The largest absolute Gasteiger partial charge is 0.426 e. The van der Waals surface area contributed by atoms with Crippen LogP contribution >= 0.6 is 0 Å². The molecule has 0 heterocycles. The van der Waals surface area contributed by atoms with Crippen LogP contribution in [-0.4, -0.2) is 25.0 Å². The minimum Gasteiger partial charge on any atom is -0.426 e. The Labute approximate surface area is 239 Å². The van der Waals surface area contributed by atoms with Gasteiger partial charge in [-0.1, -0.05) is 36.4 Å². The lowest BCUT2D eigenvalue weighted by Crippen LogP contribution is -2.18.